The van der Waals surface area contributed by atoms with Gasteiger partial charge in [0, 0.05) is 11.1 Å². The van der Waals surface area contributed by atoms with Gasteiger partial charge in [0.1, 0.15) is 0 Å². The molecule has 0 amide bonds. The first-order valence-corrected chi connectivity index (χ1v) is 7.98. The molecule has 5 heteroatoms. The molecule has 0 bridgehead atoms. The highest BCUT2D eigenvalue weighted by molar-refractivity contribution is 9.09. The van der Waals surface area contributed by atoms with E-state index >= 15 is 0 Å². The summed E-state index contributed by atoms with van der Waals surface area (Å²) in [7, 11) is 3.23. The molecule has 0 fully saturated rings. The van der Waals surface area contributed by atoms with E-state index in [0.29, 0.717) is 0 Å². The lowest BCUT2D eigenvalue weighted by molar-refractivity contribution is 0.247. The molecule has 0 aliphatic carbocycles. The summed E-state index contributed by atoms with van der Waals surface area (Å²) < 4.78 is 15.9. The van der Waals surface area contributed by atoms with Crippen LogP contribution < -0.4 is 0 Å². The smallest absolute Gasteiger partial charge is 0.0879 e. The van der Waals surface area contributed by atoms with Crippen molar-refractivity contribution in [2.24, 2.45) is 0 Å². The molecule has 0 aliphatic heterocycles. The molecule has 0 heterocycles. The van der Waals surface area contributed by atoms with Gasteiger partial charge in [-0.1, -0.05) is 35.2 Å². The van der Waals surface area contributed by atoms with E-state index < -0.39 is 10.9 Å². The molecule has 0 aromatic rings. The molecule has 0 unspecified atom stereocenters. The van der Waals surface area contributed by atoms with Crippen LogP contribution in [0.5, 0.6) is 0 Å². The van der Waals surface area contributed by atoms with Gasteiger partial charge < -0.3 is 0 Å². The summed E-state index contributed by atoms with van der Waals surface area (Å²) in [5.41, 5.74) is 0. The molecule has 0 aromatic heterocycles. The fourth-order valence-corrected chi connectivity index (χ4v) is 3.22. The molecule has 0 spiro atoms. The maximum Gasteiger partial charge on any atom is 0.0879 e. The van der Waals surface area contributed by atoms with Gasteiger partial charge in [0.05, 0.1) is 32.2 Å². The lowest BCUT2D eigenvalue weighted by atomic mass is 10.2. The van der Waals surface area contributed by atoms with Gasteiger partial charge in [-0.25, -0.2) is 0 Å². The highest BCUT2D eigenvalue weighted by Gasteiger charge is 2.21. The Kier molecular flexibility index (Phi) is 10.4. The number of unbranched alkanes of at least 4 members (excludes halogenated alkanes) is 4. The minimum Gasteiger partial charge on any atom is -0.296 e. The molecule has 0 aliphatic rings. The van der Waals surface area contributed by atoms with Gasteiger partial charge in [-0.3, -0.25) is 12.5 Å². The van der Waals surface area contributed by atoms with Crippen LogP contribution in [0.4, 0.5) is 0 Å². The lowest BCUT2D eigenvalue weighted by Gasteiger charge is -2.33. The molecule has 0 N–H and O–H groups in total. The first kappa shape index (κ1) is 15.7. The minimum absolute atomic E-state index is 0.866. The van der Waals surface area contributed by atoms with E-state index in [4.69, 9.17) is 12.5 Å². The Hall–Kier alpha value is 0.710. The first-order valence-electron chi connectivity index (χ1n) is 5.28. The number of alkyl halides is 1. The van der Waals surface area contributed by atoms with Crippen LogP contribution in [0.2, 0.25) is 0 Å². The van der Waals surface area contributed by atoms with Gasteiger partial charge in [-0.15, -0.1) is 0 Å². The summed E-state index contributed by atoms with van der Waals surface area (Å²) in [6, 6.07) is 0. The van der Waals surface area contributed by atoms with Gasteiger partial charge in [0.2, 0.25) is 0 Å². The fraction of sp³-hybridized carbons (Fsp3) is 1.00. The average Bonchev–Trinajstić information content (AvgIpc) is 2.29. The SMILES string of the molecule is COS(CCCCCCCBr)(OC)OC. The van der Waals surface area contributed by atoms with Crippen LogP contribution in [-0.2, 0) is 12.5 Å². The van der Waals surface area contributed by atoms with Crippen molar-refractivity contribution in [2.45, 2.75) is 32.1 Å². The van der Waals surface area contributed by atoms with E-state index in [1.807, 2.05) is 0 Å². The van der Waals surface area contributed by atoms with Crippen LogP contribution in [0.25, 0.3) is 0 Å². The number of halogens is 1. The van der Waals surface area contributed by atoms with E-state index in [2.05, 4.69) is 15.9 Å². The minimum atomic E-state index is -1.71. The van der Waals surface area contributed by atoms with Crippen molar-refractivity contribution in [1.29, 1.82) is 0 Å². The standard InChI is InChI=1S/C10H23BrO3S/c1-12-15(13-2,14-3)10-8-6-4-5-7-9-11/h4-10H2,1-3H3. The molecular weight excluding hydrogens is 280 g/mol. The molecule has 0 atom stereocenters. The molecule has 0 saturated carbocycles. The predicted molar refractivity (Wildman–Crippen MR) is 70.4 cm³/mol. The summed E-state index contributed by atoms with van der Waals surface area (Å²) in [4.78, 5) is 0. The topological polar surface area (TPSA) is 27.7 Å². The lowest BCUT2D eigenvalue weighted by Crippen LogP contribution is -2.11. The zero-order valence-corrected chi connectivity index (χ0v) is 12.4. The molecular formula is C10H23BrO3S. The van der Waals surface area contributed by atoms with E-state index in [0.717, 1.165) is 17.5 Å². The second-order valence-corrected chi connectivity index (χ2v) is 6.54. The van der Waals surface area contributed by atoms with Gasteiger partial charge in [-0.2, -0.15) is 0 Å². The van der Waals surface area contributed by atoms with Crippen LogP contribution in [-0.4, -0.2) is 32.4 Å². The maximum atomic E-state index is 5.30. The van der Waals surface area contributed by atoms with E-state index in [1.165, 1.54) is 25.7 Å². The van der Waals surface area contributed by atoms with Crippen LogP contribution in [0.1, 0.15) is 32.1 Å². The Morgan fingerprint density at radius 2 is 1.27 bits per heavy atom. The third-order valence-corrected chi connectivity index (χ3v) is 5.16. The van der Waals surface area contributed by atoms with Crippen molar-refractivity contribution in [3.63, 3.8) is 0 Å². The molecule has 0 rings (SSSR count). The quantitative estimate of drug-likeness (QED) is 0.453. The summed E-state index contributed by atoms with van der Waals surface area (Å²) in [5, 5.41) is 1.11. The van der Waals surface area contributed by atoms with E-state index in [-0.39, 0.29) is 0 Å². The normalized spacial score (nSPS) is 13.1. The van der Waals surface area contributed by atoms with Crippen LogP contribution in [0.3, 0.4) is 0 Å². The van der Waals surface area contributed by atoms with Crippen molar-refractivity contribution in [2.75, 3.05) is 32.4 Å². The second kappa shape index (κ2) is 9.90. The summed E-state index contributed by atoms with van der Waals surface area (Å²) in [6.07, 6.45) is 6.15. The second-order valence-electron chi connectivity index (χ2n) is 3.22. The Labute approximate surface area is 104 Å². The zero-order valence-electron chi connectivity index (χ0n) is 9.96. The Bertz CT molecular complexity index is 134. The van der Waals surface area contributed by atoms with E-state index in [9.17, 15) is 0 Å². The molecule has 0 aromatic carbocycles. The highest BCUT2D eigenvalue weighted by atomic mass is 79.9. The van der Waals surface area contributed by atoms with Gasteiger partial charge in [-0.05, 0) is 12.8 Å². The monoisotopic (exact) mass is 302 g/mol. The fourth-order valence-electron chi connectivity index (χ4n) is 1.36. The first-order chi connectivity index (χ1) is 7.24. The van der Waals surface area contributed by atoms with Crippen molar-refractivity contribution in [3.05, 3.63) is 0 Å². The van der Waals surface area contributed by atoms with Crippen molar-refractivity contribution >= 4 is 26.8 Å². The molecule has 0 radical (unpaired) electrons. The van der Waals surface area contributed by atoms with Crippen molar-refractivity contribution in [1.82, 2.24) is 0 Å². The van der Waals surface area contributed by atoms with Gasteiger partial charge in [0.15, 0.2) is 0 Å². The average molecular weight is 303 g/mol. The van der Waals surface area contributed by atoms with Gasteiger partial charge in [0.25, 0.3) is 0 Å². The number of rotatable bonds is 10. The molecule has 3 nitrogen and oxygen atoms in total. The number of hydrogen-bond acceptors (Lipinski definition) is 3. The Balaban J connectivity index is 3.54. The highest BCUT2D eigenvalue weighted by Crippen LogP contribution is 2.49. The third kappa shape index (κ3) is 6.79. The maximum absolute atomic E-state index is 5.30. The van der Waals surface area contributed by atoms with E-state index in [1.54, 1.807) is 21.3 Å². The summed E-state index contributed by atoms with van der Waals surface area (Å²) in [5.74, 6) is 0.866. The summed E-state index contributed by atoms with van der Waals surface area (Å²) in [6.45, 7) is 0. The number of hydrogen-bond donors (Lipinski definition) is 0. The largest absolute Gasteiger partial charge is 0.296 e. The predicted octanol–water partition coefficient (Wildman–Crippen LogP) is 3.82. The third-order valence-electron chi connectivity index (χ3n) is 2.29. The molecule has 0 saturated heterocycles. The van der Waals surface area contributed by atoms with Crippen molar-refractivity contribution < 1.29 is 12.5 Å². The Morgan fingerprint density at radius 3 is 1.73 bits per heavy atom. The zero-order chi connectivity index (χ0) is 11.6. The Morgan fingerprint density at radius 1 is 0.800 bits per heavy atom. The van der Waals surface area contributed by atoms with Gasteiger partial charge >= 0.3 is 0 Å². The van der Waals surface area contributed by atoms with Crippen LogP contribution >= 0.6 is 26.8 Å². The molecule has 15 heavy (non-hydrogen) atoms. The summed E-state index contributed by atoms with van der Waals surface area (Å²) >= 11 is 3.43. The van der Waals surface area contributed by atoms with Crippen LogP contribution in [0, 0.1) is 0 Å². The van der Waals surface area contributed by atoms with Crippen molar-refractivity contribution in [3.8, 4) is 0 Å². The van der Waals surface area contributed by atoms with Crippen LogP contribution in [0.15, 0.2) is 0 Å². The molecule has 94 valence electrons.